The van der Waals surface area contributed by atoms with Crippen molar-refractivity contribution in [2.45, 2.75) is 13.0 Å². The van der Waals surface area contributed by atoms with Crippen molar-refractivity contribution in [2.24, 2.45) is 11.3 Å². The number of hydrogen-bond donors (Lipinski definition) is 1. The van der Waals surface area contributed by atoms with Crippen LogP contribution in [-0.2, 0) is 11.3 Å². The smallest absolute Gasteiger partial charge is 0.228 e. The molecule has 1 N–H and O–H groups in total. The normalized spacial score (nSPS) is 26.8. The average Bonchev–Trinajstić information content (AvgIpc) is 3.32. The number of aromatic nitrogens is 2. The minimum Gasteiger partial charge on any atom is -0.492 e. The fourth-order valence-corrected chi connectivity index (χ4v) is 4.37. The molecule has 126 valence electrons. The Morgan fingerprint density at radius 1 is 1.46 bits per heavy atom. The number of nitrogens with zero attached hydrogens (tertiary/aromatic N) is 3. The van der Waals surface area contributed by atoms with E-state index in [9.17, 15) is 4.79 Å². The van der Waals surface area contributed by atoms with Gasteiger partial charge in [-0.3, -0.25) is 14.7 Å². The van der Waals surface area contributed by atoms with Crippen molar-refractivity contribution >= 4 is 17.2 Å². The van der Waals surface area contributed by atoms with Gasteiger partial charge in [-0.1, -0.05) is 0 Å². The third kappa shape index (κ3) is 2.89. The Morgan fingerprint density at radius 2 is 2.42 bits per heavy atom. The molecule has 1 amide bonds. The van der Waals surface area contributed by atoms with Gasteiger partial charge in [0.05, 0.1) is 24.8 Å². The molecule has 0 bridgehead atoms. The molecule has 2 aromatic rings. The largest absolute Gasteiger partial charge is 0.492 e. The zero-order valence-corrected chi connectivity index (χ0v) is 14.2. The van der Waals surface area contributed by atoms with Crippen LogP contribution < -0.4 is 10.1 Å². The van der Waals surface area contributed by atoms with E-state index in [4.69, 9.17) is 4.74 Å². The molecule has 2 atom stereocenters. The number of pyridine rings is 1. The van der Waals surface area contributed by atoms with Crippen LogP contribution in [0.2, 0.25) is 0 Å². The van der Waals surface area contributed by atoms with Gasteiger partial charge in [-0.05, 0) is 25.1 Å². The third-order valence-corrected chi connectivity index (χ3v) is 5.81. The molecule has 4 heterocycles. The molecule has 1 spiro atoms. The van der Waals surface area contributed by atoms with Gasteiger partial charge in [-0.25, -0.2) is 4.98 Å². The summed E-state index contributed by atoms with van der Waals surface area (Å²) in [6, 6.07) is 3.75. The molecule has 7 heteroatoms. The number of nitrogens with one attached hydrogen (secondary N) is 1. The van der Waals surface area contributed by atoms with E-state index in [1.165, 1.54) is 0 Å². The van der Waals surface area contributed by atoms with Crippen LogP contribution in [0.25, 0.3) is 0 Å². The van der Waals surface area contributed by atoms with Gasteiger partial charge in [-0.2, -0.15) is 0 Å². The van der Waals surface area contributed by atoms with Crippen molar-refractivity contribution in [1.82, 2.24) is 20.2 Å². The van der Waals surface area contributed by atoms with Crippen molar-refractivity contribution in [3.05, 3.63) is 41.1 Å². The van der Waals surface area contributed by atoms with Crippen LogP contribution in [0.5, 0.6) is 5.75 Å². The first-order valence-corrected chi connectivity index (χ1v) is 9.06. The average molecular weight is 344 g/mol. The fraction of sp³-hybridized carbons (Fsp3) is 0.471. The van der Waals surface area contributed by atoms with Crippen LogP contribution in [-0.4, -0.2) is 47.0 Å². The number of likely N-dealkylation sites (tertiary alicyclic amines) is 1. The molecule has 0 aromatic carbocycles. The molecular weight excluding hydrogens is 324 g/mol. The summed E-state index contributed by atoms with van der Waals surface area (Å²) >= 11 is 1.66. The number of carbonyl (C=O) groups is 1. The van der Waals surface area contributed by atoms with E-state index in [0.717, 1.165) is 36.8 Å². The molecule has 2 aliphatic heterocycles. The Morgan fingerprint density at radius 3 is 3.21 bits per heavy atom. The van der Waals surface area contributed by atoms with Gasteiger partial charge in [0, 0.05) is 36.8 Å². The molecule has 6 nitrogen and oxygen atoms in total. The highest BCUT2D eigenvalue weighted by molar-refractivity contribution is 7.09. The highest BCUT2D eigenvalue weighted by Gasteiger charge is 2.54. The minimum atomic E-state index is -0.334. The summed E-state index contributed by atoms with van der Waals surface area (Å²) in [6.07, 6.45) is 6.15. The summed E-state index contributed by atoms with van der Waals surface area (Å²) in [7, 11) is 0. The summed E-state index contributed by atoms with van der Waals surface area (Å²) in [5, 5.41) is 6.14. The number of amides is 1. The van der Waals surface area contributed by atoms with E-state index in [2.05, 4.69) is 20.2 Å². The van der Waals surface area contributed by atoms with Crippen LogP contribution in [0.3, 0.4) is 0 Å². The molecule has 0 aliphatic carbocycles. The molecular formula is C17H20N4O2S. The van der Waals surface area contributed by atoms with Crippen LogP contribution in [0, 0.1) is 11.3 Å². The Labute approximate surface area is 144 Å². The van der Waals surface area contributed by atoms with Crippen LogP contribution in [0.1, 0.15) is 11.4 Å². The molecule has 24 heavy (non-hydrogen) atoms. The maximum absolute atomic E-state index is 12.5. The van der Waals surface area contributed by atoms with Crippen molar-refractivity contribution in [2.75, 3.05) is 26.2 Å². The van der Waals surface area contributed by atoms with E-state index >= 15 is 0 Å². The predicted octanol–water partition coefficient (Wildman–Crippen LogP) is 1.56. The van der Waals surface area contributed by atoms with Gasteiger partial charge in [0.1, 0.15) is 10.8 Å². The first-order valence-electron chi connectivity index (χ1n) is 8.18. The topological polar surface area (TPSA) is 67.3 Å². The molecule has 0 saturated carbocycles. The second kappa shape index (κ2) is 6.49. The fourth-order valence-electron chi connectivity index (χ4n) is 3.71. The zero-order valence-electron chi connectivity index (χ0n) is 13.4. The van der Waals surface area contributed by atoms with Gasteiger partial charge in [0.25, 0.3) is 0 Å². The van der Waals surface area contributed by atoms with Gasteiger partial charge in [0.2, 0.25) is 5.91 Å². The Kier molecular flexibility index (Phi) is 4.20. The van der Waals surface area contributed by atoms with Gasteiger partial charge in [-0.15, -0.1) is 11.3 Å². The second-order valence-electron chi connectivity index (χ2n) is 6.45. The van der Waals surface area contributed by atoms with Gasteiger partial charge in [0.15, 0.2) is 0 Å². The summed E-state index contributed by atoms with van der Waals surface area (Å²) < 4.78 is 5.88. The molecule has 0 radical (unpaired) electrons. The summed E-state index contributed by atoms with van der Waals surface area (Å²) in [4.78, 5) is 23.3. The molecule has 2 aromatic heterocycles. The lowest BCUT2D eigenvalue weighted by molar-refractivity contribution is -0.128. The number of thiazole rings is 1. The standard InChI is InChI=1S/C17H20N4O2S/c22-16-17(3-6-21(12-17)10-15-19-5-7-24-15)13(8-20-16)11-23-14-2-1-4-18-9-14/h1-2,4-5,7,9,13H,3,6,8,10-12H2,(H,20,22)/t13-,17-/m1/s1. The van der Waals surface area contributed by atoms with Gasteiger partial charge < -0.3 is 10.1 Å². The molecule has 2 saturated heterocycles. The Bertz CT molecular complexity index is 694. The van der Waals surface area contributed by atoms with Crippen LogP contribution >= 0.6 is 11.3 Å². The summed E-state index contributed by atoms with van der Waals surface area (Å²) in [5.74, 6) is 1.11. The Balaban J connectivity index is 1.43. The molecule has 2 aliphatic rings. The van der Waals surface area contributed by atoms with Crippen molar-refractivity contribution in [3.8, 4) is 5.75 Å². The lowest BCUT2D eigenvalue weighted by atomic mass is 9.77. The lowest BCUT2D eigenvalue weighted by Crippen LogP contribution is -2.40. The number of hydrogen-bond acceptors (Lipinski definition) is 6. The Hall–Kier alpha value is -1.99. The summed E-state index contributed by atoms with van der Waals surface area (Å²) in [6.45, 7) is 3.75. The second-order valence-corrected chi connectivity index (χ2v) is 7.43. The monoisotopic (exact) mass is 344 g/mol. The molecule has 2 fully saturated rings. The van der Waals surface area contributed by atoms with Crippen LogP contribution in [0.15, 0.2) is 36.1 Å². The SMILES string of the molecule is O=C1NC[C@H](COc2cccnc2)[C@]12CCN(Cc1nccs1)C2. The van der Waals surface area contributed by atoms with E-state index in [-0.39, 0.29) is 17.2 Å². The minimum absolute atomic E-state index is 0.170. The number of ether oxygens (including phenoxy) is 1. The summed E-state index contributed by atoms with van der Waals surface area (Å²) in [5.41, 5.74) is -0.334. The van der Waals surface area contributed by atoms with Gasteiger partial charge >= 0.3 is 0 Å². The highest BCUT2D eigenvalue weighted by Crippen LogP contribution is 2.42. The predicted molar refractivity (Wildman–Crippen MR) is 90.7 cm³/mol. The maximum Gasteiger partial charge on any atom is 0.228 e. The van der Waals surface area contributed by atoms with Crippen molar-refractivity contribution in [1.29, 1.82) is 0 Å². The first-order chi connectivity index (χ1) is 11.8. The van der Waals surface area contributed by atoms with E-state index in [1.54, 1.807) is 23.7 Å². The van der Waals surface area contributed by atoms with Crippen molar-refractivity contribution in [3.63, 3.8) is 0 Å². The number of carbonyl (C=O) groups excluding carboxylic acids is 1. The first kappa shape index (κ1) is 15.5. The maximum atomic E-state index is 12.5. The van der Waals surface area contributed by atoms with E-state index in [0.29, 0.717) is 13.2 Å². The van der Waals surface area contributed by atoms with Crippen molar-refractivity contribution < 1.29 is 9.53 Å². The van der Waals surface area contributed by atoms with E-state index in [1.807, 2.05) is 23.7 Å². The molecule has 0 unspecified atom stereocenters. The molecule has 4 rings (SSSR count). The van der Waals surface area contributed by atoms with E-state index < -0.39 is 0 Å². The number of rotatable bonds is 5. The quantitative estimate of drug-likeness (QED) is 0.891. The van der Waals surface area contributed by atoms with Crippen LogP contribution in [0.4, 0.5) is 0 Å². The highest BCUT2D eigenvalue weighted by atomic mass is 32.1. The third-order valence-electron chi connectivity index (χ3n) is 5.05. The zero-order chi connectivity index (χ0) is 16.4. The lowest BCUT2D eigenvalue weighted by Gasteiger charge is -2.28.